The Morgan fingerprint density at radius 1 is 1.50 bits per heavy atom. The molecule has 2 N–H and O–H groups in total. The van der Waals surface area contributed by atoms with Gasteiger partial charge in [-0.3, -0.25) is 0 Å². The molecule has 0 amide bonds. The summed E-state index contributed by atoms with van der Waals surface area (Å²) in [5, 5.41) is 13.4. The summed E-state index contributed by atoms with van der Waals surface area (Å²) in [6.07, 6.45) is 0. The van der Waals surface area contributed by atoms with E-state index in [9.17, 15) is 5.11 Å². The second-order valence-corrected chi connectivity index (χ2v) is 4.00. The van der Waals surface area contributed by atoms with Gasteiger partial charge < -0.3 is 15.2 Å². The number of para-hydroxylation sites is 1. The van der Waals surface area contributed by atoms with Crippen molar-refractivity contribution in [3.63, 3.8) is 0 Å². The van der Waals surface area contributed by atoms with Crippen molar-refractivity contribution in [2.75, 3.05) is 18.5 Å². The lowest BCUT2D eigenvalue weighted by atomic mass is 9.95. The monoisotopic (exact) mass is 220 g/mol. The summed E-state index contributed by atoms with van der Waals surface area (Å²) in [5.74, 6) is 0. The van der Waals surface area contributed by atoms with Crippen molar-refractivity contribution in [2.45, 2.75) is 19.4 Å². The number of ether oxygens (including phenoxy) is 1. The first kappa shape index (κ1) is 11.0. The molecule has 4 nitrogen and oxygen atoms in total. The second-order valence-electron chi connectivity index (χ2n) is 4.00. The molecule has 0 radical (unpaired) electrons. The van der Waals surface area contributed by atoms with Gasteiger partial charge in [0.05, 0.1) is 13.2 Å². The van der Waals surface area contributed by atoms with Gasteiger partial charge in [-0.05, 0) is 19.9 Å². The highest BCUT2D eigenvalue weighted by atomic mass is 16.5. The standard InChI is InChI=1S/C12H16N2O2/c1-3-16-11-13-8-12(2,15)9-6-4-5-7-10(9)14-11/h4-7,15H,3,8H2,1-2H3,(H,13,14). The fraction of sp³-hybridized carbons (Fsp3) is 0.417. The maximum absolute atomic E-state index is 10.3. The maximum atomic E-state index is 10.3. The minimum atomic E-state index is -0.956. The Balaban J connectivity index is 2.39. The molecule has 1 aromatic rings. The molecule has 0 aliphatic carbocycles. The zero-order valence-corrected chi connectivity index (χ0v) is 9.53. The van der Waals surface area contributed by atoms with Crippen LogP contribution in [-0.4, -0.2) is 24.3 Å². The van der Waals surface area contributed by atoms with E-state index in [2.05, 4.69) is 10.3 Å². The Morgan fingerprint density at radius 3 is 3.00 bits per heavy atom. The Hall–Kier alpha value is -1.55. The van der Waals surface area contributed by atoms with Gasteiger partial charge >= 0.3 is 0 Å². The molecule has 0 aromatic heterocycles. The molecule has 4 heteroatoms. The van der Waals surface area contributed by atoms with E-state index in [0.717, 1.165) is 11.3 Å². The fourth-order valence-electron chi connectivity index (χ4n) is 1.75. The molecule has 86 valence electrons. The minimum Gasteiger partial charge on any atom is -0.465 e. The maximum Gasteiger partial charge on any atom is 0.289 e. The number of aliphatic imine (C=N–C) groups is 1. The fourth-order valence-corrected chi connectivity index (χ4v) is 1.75. The SMILES string of the molecule is CCOC1=NCC(C)(O)c2ccccc2N1. The van der Waals surface area contributed by atoms with Crippen molar-refractivity contribution in [1.29, 1.82) is 0 Å². The molecule has 1 heterocycles. The van der Waals surface area contributed by atoms with Crippen LogP contribution in [0.5, 0.6) is 0 Å². The average molecular weight is 220 g/mol. The first-order valence-electron chi connectivity index (χ1n) is 5.39. The molecule has 0 saturated carbocycles. The summed E-state index contributed by atoms with van der Waals surface area (Å²) in [4.78, 5) is 4.21. The van der Waals surface area contributed by atoms with E-state index in [1.165, 1.54) is 0 Å². The van der Waals surface area contributed by atoms with Crippen LogP contribution in [0, 0.1) is 0 Å². The summed E-state index contributed by atoms with van der Waals surface area (Å²) >= 11 is 0. The van der Waals surface area contributed by atoms with E-state index in [1.807, 2.05) is 31.2 Å². The van der Waals surface area contributed by atoms with Crippen molar-refractivity contribution in [2.24, 2.45) is 4.99 Å². The van der Waals surface area contributed by atoms with E-state index >= 15 is 0 Å². The lowest BCUT2D eigenvalue weighted by Gasteiger charge is -2.21. The third-order valence-electron chi connectivity index (χ3n) is 2.56. The van der Waals surface area contributed by atoms with Crippen LogP contribution in [-0.2, 0) is 10.3 Å². The number of nitrogens with one attached hydrogen (secondary N) is 1. The number of nitrogens with zero attached hydrogens (tertiary/aromatic N) is 1. The van der Waals surface area contributed by atoms with E-state index < -0.39 is 5.60 Å². The predicted octanol–water partition coefficient (Wildman–Crippen LogP) is 1.71. The van der Waals surface area contributed by atoms with E-state index in [4.69, 9.17) is 4.74 Å². The topological polar surface area (TPSA) is 53.9 Å². The van der Waals surface area contributed by atoms with Gasteiger partial charge in [-0.1, -0.05) is 18.2 Å². The minimum absolute atomic E-state index is 0.298. The van der Waals surface area contributed by atoms with Crippen molar-refractivity contribution < 1.29 is 9.84 Å². The molecule has 0 bridgehead atoms. The molecule has 1 aliphatic heterocycles. The molecular weight excluding hydrogens is 204 g/mol. The van der Waals surface area contributed by atoms with Crippen LogP contribution in [0.1, 0.15) is 19.4 Å². The Labute approximate surface area is 95.0 Å². The van der Waals surface area contributed by atoms with Gasteiger partial charge in [-0.15, -0.1) is 0 Å². The molecule has 1 unspecified atom stereocenters. The van der Waals surface area contributed by atoms with Crippen LogP contribution in [0.25, 0.3) is 0 Å². The number of hydrogen-bond donors (Lipinski definition) is 2. The van der Waals surface area contributed by atoms with Gasteiger partial charge in [-0.25, -0.2) is 4.99 Å². The third-order valence-corrected chi connectivity index (χ3v) is 2.56. The van der Waals surface area contributed by atoms with Crippen molar-refractivity contribution in [3.8, 4) is 0 Å². The summed E-state index contributed by atoms with van der Waals surface area (Å²) in [5.41, 5.74) is 0.730. The van der Waals surface area contributed by atoms with Crippen molar-refractivity contribution >= 4 is 11.7 Å². The zero-order valence-electron chi connectivity index (χ0n) is 9.53. The summed E-state index contributed by atoms with van der Waals surface area (Å²) in [7, 11) is 0. The van der Waals surface area contributed by atoms with E-state index in [-0.39, 0.29) is 0 Å². The van der Waals surface area contributed by atoms with Gasteiger partial charge in [0.1, 0.15) is 5.60 Å². The van der Waals surface area contributed by atoms with Gasteiger partial charge in [0.25, 0.3) is 6.02 Å². The number of benzene rings is 1. The van der Waals surface area contributed by atoms with Crippen LogP contribution < -0.4 is 5.32 Å². The number of anilines is 1. The molecule has 1 aliphatic rings. The normalized spacial score (nSPS) is 23.8. The molecule has 0 fully saturated rings. The highest BCUT2D eigenvalue weighted by Gasteiger charge is 2.28. The molecule has 0 saturated heterocycles. The smallest absolute Gasteiger partial charge is 0.289 e. The summed E-state index contributed by atoms with van der Waals surface area (Å²) in [6, 6.07) is 8.08. The van der Waals surface area contributed by atoms with Crippen LogP contribution >= 0.6 is 0 Å². The number of rotatable bonds is 1. The number of hydrogen-bond acceptors (Lipinski definition) is 4. The Morgan fingerprint density at radius 2 is 2.25 bits per heavy atom. The van der Waals surface area contributed by atoms with Crippen molar-refractivity contribution in [3.05, 3.63) is 29.8 Å². The first-order chi connectivity index (χ1) is 7.63. The molecule has 0 spiro atoms. The summed E-state index contributed by atoms with van der Waals surface area (Å²) in [6.45, 7) is 4.51. The number of aliphatic hydroxyl groups is 1. The van der Waals surface area contributed by atoms with E-state index in [1.54, 1.807) is 6.92 Å². The van der Waals surface area contributed by atoms with E-state index in [0.29, 0.717) is 19.2 Å². The van der Waals surface area contributed by atoms with Crippen LogP contribution in [0.3, 0.4) is 0 Å². The number of amidine groups is 1. The molecule has 1 aromatic carbocycles. The van der Waals surface area contributed by atoms with Gasteiger partial charge in [0.15, 0.2) is 0 Å². The zero-order chi connectivity index (χ0) is 11.6. The highest BCUT2D eigenvalue weighted by molar-refractivity contribution is 5.90. The third kappa shape index (κ3) is 2.02. The van der Waals surface area contributed by atoms with Gasteiger partial charge in [0, 0.05) is 11.3 Å². The van der Waals surface area contributed by atoms with Crippen molar-refractivity contribution in [1.82, 2.24) is 0 Å². The van der Waals surface area contributed by atoms with Crippen LogP contribution in [0.15, 0.2) is 29.3 Å². The second kappa shape index (κ2) is 4.14. The first-order valence-corrected chi connectivity index (χ1v) is 5.39. The summed E-state index contributed by atoms with van der Waals surface area (Å²) < 4.78 is 5.34. The molecule has 2 rings (SSSR count). The highest BCUT2D eigenvalue weighted by Crippen LogP contribution is 2.30. The molecule has 16 heavy (non-hydrogen) atoms. The molecular formula is C12H16N2O2. The van der Waals surface area contributed by atoms with Gasteiger partial charge in [-0.2, -0.15) is 0 Å². The average Bonchev–Trinajstić information content (AvgIpc) is 2.38. The predicted molar refractivity (Wildman–Crippen MR) is 63.6 cm³/mol. The van der Waals surface area contributed by atoms with Crippen LogP contribution in [0.4, 0.5) is 5.69 Å². The number of fused-ring (bicyclic) bond motifs is 1. The largest absolute Gasteiger partial charge is 0.465 e. The quantitative estimate of drug-likeness (QED) is 0.757. The molecule has 1 atom stereocenters. The lowest BCUT2D eigenvalue weighted by Crippen LogP contribution is -2.24. The Bertz CT molecular complexity index is 413. The van der Waals surface area contributed by atoms with Crippen LogP contribution in [0.2, 0.25) is 0 Å². The lowest BCUT2D eigenvalue weighted by molar-refractivity contribution is 0.0683. The Kier molecular flexibility index (Phi) is 2.83. The van der Waals surface area contributed by atoms with Gasteiger partial charge in [0.2, 0.25) is 0 Å².